The quantitative estimate of drug-likeness (QED) is 0.654. The average molecular weight is 430 g/mol. The lowest BCUT2D eigenvalue weighted by Crippen LogP contribution is -2.16. The monoisotopic (exact) mass is 429 g/mol. The second-order valence-electron chi connectivity index (χ2n) is 7.62. The summed E-state index contributed by atoms with van der Waals surface area (Å²) >= 11 is 1.54. The summed E-state index contributed by atoms with van der Waals surface area (Å²) in [6, 6.07) is 13.1. The fourth-order valence-corrected chi connectivity index (χ4v) is 5.93. The number of hydrogen-bond acceptors (Lipinski definition) is 5. The number of carbonyl (C=O) groups excluding carboxylic acids is 1. The molecule has 4 rings (SSSR count). The Morgan fingerprint density at radius 3 is 2.59 bits per heavy atom. The minimum Gasteiger partial charge on any atom is -0.321 e. The van der Waals surface area contributed by atoms with Crippen LogP contribution in [0.15, 0.2) is 47.8 Å². The molecule has 3 heterocycles. The van der Waals surface area contributed by atoms with Gasteiger partial charge in [-0.1, -0.05) is 32.0 Å². The Kier molecular flexibility index (Phi) is 5.31. The van der Waals surface area contributed by atoms with E-state index in [1.807, 2.05) is 41.8 Å². The van der Waals surface area contributed by atoms with Crippen molar-refractivity contribution in [3.63, 3.8) is 0 Å². The van der Waals surface area contributed by atoms with E-state index in [4.69, 9.17) is 0 Å². The molecule has 0 spiro atoms. The maximum atomic E-state index is 12.8. The highest BCUT2D eigenvalue weighted by molar-refractivity contribution is 7.91. The summed E-state index contributed by atoms with van der Waals surface area (Å²) in [6.07, 6.45) is 0.514. The van der Waals surface area contributed by atoms with Gasteiger partial charge in [0.05, 0.1) is 28.1 Å². The molecule has 1 atom stereocenters. The molecule has 0 unspecified atom stereocenters. The number of nitrogens with one attached hydrogen (secondary N) is 1. The molecule has 3 aromatic rings. The van der Waals surface area contributed by atoms with E-state index in [1.54, 1.807) is 22.1 Å². The smallest absolute Gasteiger partial charge is 0.276 e. The maximum Gasteiger partial charge on any atom is 0.276 e. The number of carbonyl (C=O) groups is 1. The molecule has 2 aromatic heterocycles. The van der Waals surface area contributed by atoms with Crippen molar-refractivity contribution in [1.29, 1.82) is 0 Å². The van der Waals surface area contributed by atoms with Gasteiger partial charge in [-0.2, -0.15) is 5.10 Å². The lowest BCUT2D eigenvalue weighted by Gasteiger charge is -2.12. The van der Waals surface area contributed by atoms with Gasteiger partial charge in [0, 0.05) is 5.69 Å². The first kappa shape index (κ1) is 19.8. The van der Waals surface area contributed by atoms with Gasteiger partial charge >= 0.3 is 0 Å². The van der Waals surface area contributed by atoms with Gasteiger partial charge in [0.15, 0.2) is 15.5 Å². The zero-order chi connectivity index (χ0) is 20.6. The van der Waals surface area contributed by atoms with Crippen molar-refractivity contribution >= 4 is 32.8 Å². The third kappa shape index (κ3) is 4.28. The summed E-state index contributed by atoms with van der Waals surface area (Å²) in [7, 11) is -3.06. The van der Waals surface area contributed by atoms with Crippen molar-refractivity contribution in [2.24, 2.45) is 0 Å². The van der Waals surface area contributed by atoms with E-state index in [2.05, 4.69) is 24.3 Å². The number of thiophene rings is 1. The Bertz CT molecular complexity index is 1110. The van der Waals surface area contributed by atoms with Crippen LogP contribution < -0.4 is 5.32 Å². The molecule has 8 heteroatoms. The van der Waals surface area contributed by atoms with Crippen molar-refractivity contribution in [2.45, 2.75) is 32.2 Å². The highest BCUT2D eigenvalue weighted by Crippen LogP contribution is 2.32. The minimum atomic E-state index is -3.06. The van der Waals surface area contributed by atoms with Crippen molar-refractivity contribution in [3.8, 4) is 10.6 Å². The third-order valence-electron chi connectivity index (χ3n) is 5.13. The third-order valence-corrected chi connectivity index (χ3v) is 7.77. The Balaban J connectivity index is 1.62. The molecular weight excluding hydrogens is 406 g/mol. The molecule has 1 aromatic carbocycles. The molecule has 0 bridgehead atoms. The second-order valence-corrected chi connectivity index (χ2v) is 10.8. The van der Waals surface area contributed by atoms with E-state index in [-0.39, 0.29) is 29.1 Å². The number of anilines is 1. The van der Waals surface area contributed by atoms with Gasteiger partial charge < -0.3 is 5.32 Å². The molecule has 1 N–H and O–H groups in total. The summed E-state index contributed by atoms with van der Waals surface area (Å²) in [5.41, 5.74) is 2.97. The molecule has 29 heavy (non-hydrogen) atoms. The van der Waals surface area contributed by atoms with E-state index in [9.17, 15) is 13.2 Å². The van der Waals surface area contributed by atoms with E-state index >= 15 is 0 Å². The number of aromatic nitrogens is 2. The molecule has 0 saturated carbocycles. The topological polar surface area (TPSA) is 81.1 Å². The van der Waals surface area contributed by atoms with Crippen LogP contribution in [0.4, 0.5) is 5.69 Å². The van der Waals surface area contributed by atoms with Crippen molar-refractivity contribution in [2.75, 3.05) is 16.8 Å². The SMILES string of the molecule is CC(C)c1ccc(NC(=O)c2cc(-c3cccs3)n([C@@H]3CCS(=O)(=O)C3)n2)cc1. The number of benzene rings is 1. The first-order valence-electron chi connectivity index (χ1n) is 9.57. The highest BCUT2D eigenvalue weighted by atomic mass is 32.2. The Morgan fingerprint density at radius 2 is 2.00 bits per heavy atom. The predicted octanol–water partition coefficient (Wildman–Crippen LogP) is 4.35. The predicted molar refractivity (Wildman–Crippen MR) is 116 cm³/mol. The maximum absolute atomic E-state index is 12.8. The van der Waals surface area contributed by atoms with Crippen LogP contribution in [0.25, 0.3) is 10.6 Å². The minimum absolute atomic E-state index is 0.0603. The first-order valence-corrected chi connectivity index (χ1v) is 12.3. The normalized spacial score (nSPS) is 18.2. The van der Waals surface area contributed by atoms with Crippen molar-refractivity contribution in [1.82, 2.24) is 9.78 Å². The van der Waals surface area contributed by atoms with E-state index in [0.29, 0.717) is 18.0 Å². The van der Waals surface area contributed by atoms with Crippen LogP contribution in [0.5, 0.6) is 0 Å². The molecule has 1 aliphatic heterocycles. The van der Waals surface area contributed by atoms with E-state index in [0.717, 1.165) is 10.6 Å². The molecule has 1 amide bonds. The van der Waals surface area contributed by atoms with Crippen LogP contribution in [0.1, 0.15) is 48.3 Å². The lowest BCUT2D eigenvalue weighted by molar-refractivity contribution is 0.102. The zero-order valence-corrected chi connectivity index (χ0v) is 18.0. The molecule has 6 nitrogen and oxygen atoms in total. The van der Waals surface area contributed by atoms with Gasteiger partial charge in [-0.25, -0.2) is 8.42 Å². The molecular formula is C21H23N3O3S2. The van der Waals surface area contributed by atoms with E-state index in [1.165, 1.54) is 5.56 Å². The number of nitrogens with zero attached hydrogens (tertiary/aromatic N) is 2. The number of hydrogen-bond donors (Lipinski definition) is 1. The number of rotatable bonds is 5. The van der Waals surface area contributed by atoms with Crippen molar-refractivity contribution in [3.05, 3.63) is 59.1 Å². The van der Waals surface area contributed by atoms with Crippen LogP contribution in [-0.4, -0.2) is 35.6 Å². The van der Waals surface area contributed by atoms with Crippen LogP contribution in [0.2, 0.25) is 0 Å². The van der Waals surface area contributed by atoms with Gasteiger partial charge in [-0.15, -0.1) is 11.3 Å². The van der Waals surface area contributed by atoms with Gasteiger partial charge in [0.1, 0.15) is 0 Å². The number of amides is 1. The van der Waals surface area contributed by atoms with Crippen LogP contribution in [0, 0.1) is 0 Å². The summed E-state index contributed by atoms with van der Waals surface area (Å²) < 4.78 is 25.6. The number of sulfone groups is 1. The van der Waals surface area contributed by atoms with Crippen molar-refractivity contribution < 1.29 is 13.2 Å². The lowest BCUT2D eigenvalue weighted by atomic mass is 10.0. The van der Waals surface area contributed by atoms with Gasteiger partial charge in [-0.3, -0.25) is 9.48 Å². The largest absolute Gasteiger partial charge is 0.321 e. The highest BCUT2D eigenvalue weighted by Gasteiger charge is 2.32. The van der Waals surface area contributed by atoms with Crippen LogP contribution in [0.3, 0.4) is 0 Å². The molecule has 1 fully saturated rings. The van der Waals surface area contributed by atoms with Gasteiger partial charge in [-0.05, 0) is 47.5 Å². The second kappa shape index (κ2) is 7.76. The summed E-state index contributed by atoms with van der Waals surface area (Å²) in [6.45, 7) is 4.24. The fourth-order valence-electron chi connectivity index (χ4n) is 3.51. The Hall–Kier alpha value is -2.45. The average Bonchev–Trinajstić information content (AvgIpc) is 3.40. The summed E-state index contributed by atoms with van der Waals surface area (Å²) in [5.74, 6) is 0.335. The summed E-state index contributed by atoms with van der Waals surface area (Å²) in [5, 5.41) is 9.34. The van der Waals surface area contributed by atoms with Gasteiger partial charge in [0.25, 0.3) is 5.91 Å². The first-order chi connectivity index (χ1) is 13.8. The molecule has 1 saturated heterocycles. The van der Waals surface area contributed by atoms with Crippen LogP contribution >= 0.6 is 11.3 Å². The molecule has 0 radical (unpaired) electrons. The molecule has 152 valence electrons. The van der Waals surface area contributed by atoms with Gasteiger partial charge in [0.2, 0.25) is 0 Å². The molecule has 1 aliphatic rings. The zero-order valence-electron chi connectivity index (χ0n) is 16.3. The molecule has 0 aliphatic carbocycles. The fraction of sp³-hybridized carbons (Fsp3) is 0.333. The Morgan fingerprint density at radius 1 is 1.24 bits per heavy atom. The standard InChI is InChI=1S/C21H23N3O3S2/c1-14(2)15-5-7-16(8-6-15)22-21(25)18-12-19(20-4-3-10-28-20)24(23-18)17-9-11-29(26,27)13-17/h3-8,10,12,14,17H,9,11,13H2,1-2H3,(H,22,25)/t17-/m1/s1. The Labute approximate surface area is 174 Å². The summed E-state index contributed by atoms with van der Waals surface area (Å²) in [4.78, 5) is 13.8. The van der Waals surface area contributed by atoms with E-state index < -0.39 is 9.84 Å². The van der Waals surface area contributed by atoms with Crippen LogP contribution in [-0.2, 0) is 9.84 Å².